The van der Waals surface area contributed by atoms with Gasteiger partial charge in [0.05, 0.1) is 11.4 Å². The number of amides is 1. The van der Waals surface area contributed by atoms with E-state index in [4.69, 9.17) is 4.74 Å². The highest BCUT2D eigenvalue weighted by atomic mass is 32.2. The Bertz CT molecular complexity index is 421. The third kappa shape index (κ3) is 4.25. The first-order valence-electron chi connectivity index (χ1n) is 6.61. The van der Waals surface area contributed by atoms with Crippen LogP contribution in [-0.4, -0.2) is 31.3 Å². The molecule has 0 aromatic heterocycles. The van der Waals surface area contributed by atoms with Gasteiger partial charge in [-0.3, -0.25) is 9.69 Å². The van der Waals surface area contributed by atoms with Crippen molar-refractivity contribution in [3.05, 3.63) is 29.3 Å². The molecule has 19 heavy (non-hydrogen) atoms. The Hall–Kier alpha value is -1.00. The quantitative estimate of drug-likeness (QED) is 0.719. The van der Waals surface area contributed by atoms with Gasteiger partial charge in [-0.25, -0.2) is 0 Å². The zero-order valence-corrected chi connectivity index (χ0v) is 13.0. The van der Waals surface area contributed by atoms with Gasteiger partial charge in [-0.1, -0.05) is 25.1 Å². The van der Waals surface area contributed by atoms with Crippen LogP contribution < -0.4 is 4.90 Å². The van der Waals surface area contributed by atoms with Gasteiger partial charge in [-0.05, 0) is 37.7 Å². The number of thioether (sulfide) groups is 1. The highest BCUT2D eigenvalue weighted by Gasteiger charge is 2.19. The number of carbonyl (C=O) groups excluding carboxylic acids is 1. The molecule has 0 saturated heterocycles. The average Bonchev–Trinajstić information content (AvgIpc) is 2.40. The Morgan fingerprint density at radius 1 is 1.37 bits per heavy atom. The molecule has 0 aliphatic heterocycles. The molecule has 0 atom stereocenters. The van der Waals surface area contributed by atoms with Crippen molar-refractivity contribution in [1.82, 2.24) is 0 Å². The molecule has 1 aromatic rings. The van der Waals surface area contributed by atoms with Crippen molar-refractivity contribution in [2.75, 3.05) is 30.2 Å². The highest BCUT2D eigenvalue weighted by molar-refractivity contribution is 7.99. The minimum absolute atomic E-state index is 0.102. The van der Waals surface area contributed by atoms with Crippen LogP contribution in [0.5, 0.6) is 0 Å². The maximum absolute atomic E-state index is 12.3. The molecular formula is C15H23NO2S. The first kappa shape index (κ1) is 16.1. The molecule has 0 fully saturated rings. The van der Waals surface area contributed by atoms with E-state index >= 15 is 0 Å². The zero-order chi connectivity index (χ0) is 14.3. The minimum Gasteiger partial charge on any atom is -0.361 e. The summed E-state index contributed by atoms with van der Waals surface area (Å²) >= 11 is 1.54. The monoisotopic (exact) mass is 281 g/mol. The van der Waals surface area contributed by atoms with Gasteiger partial charge in [0.15, 0.2) is 0 Å². The van der Waals surface area contributed by atoms with Crippen LogP contribution in [0.1, 0.15) is 25.0 Å². The first-order valence-corrected chi connectivity index (χ1v) is 8.00. The summed E-state index contributed by atoms with van der Waals surface area (Å²) in [5.74, 6) is 0.579. The standard InChI is InChI=1S/C15H23NO2S/c1-5-13-9-7-8-12(3)15(13)16(11-18-6-2)14(17)10-19-4/h7-9H,5-6,10-11H2,1-4H3. The van der Waals surface area contributed by atoms with Crippen LogP contribution in [0, 0.1) is 6.92 Å². The second-order valence-corrected chi connectivity index (χ2v) is 5.18. The van der Waals surface area contributed by atoms with E-state index in [1.54, 1.807) is 4.90 Å². The number of hydrogen-bond donors (Lipinski definition) is 0. The predicted octanol–water partition coefficient (Wildman–Crippen LogP) is 3.25. The molecule has 4 heteroatoms. The van der Waals surface area contributed by atoms with Gasteiger partial charge in [0.2, 0.25) is 5.91 Å². The molecule has 1 rings (SSSR count). The molecule has 1 aromatic carbocycles. The second kappa shape index (κ2) is 8.23. The van der Waals surface area contributed by atoms with Crippen molar-refractivity contribution in [2.45, 2.75) is 27.2 Å². The molecule has 1 amide bonds. The van der Waals surface area contributed by atoms with Gasteiger partial charge in [0.25, 0.3) is 0 Å². The van der Waals surface area contributed by atoms with E-state index in [-0.39, 0.29) is 5.91 Å². The number of aryl methyl sites for hydroxylation is 2. The summed E-state index contributed by atoms with van der Waals surface area (Å²) in [6, 6.07) is 6.16. The van der Waals surface area contributed by atoms with Crippen LogP contribution in [0.3, 0.4) is 0 Å². The van der Waals surface area contributed by atoms with Crippen molar-refractivity contribution in [1.29, 1.82) is 0 Å². The van der Waals surface area contributed by atoms with Crippen molar-refractivity contribution < 1.29 is 9.53 Å². The summed E-state index contributed by atoms with van der Waals surface area (Å²) < 4.78 is 5.47. The van der Waals surface area contributed by atoms with Crippen molar-refractivity contribution >= 4 is 23.4 Å². The van der Waals surface area contributed by atoms with Crippen LogP contribution in [0.25, 0.3) is 0 Å². The molecule has 0 unspecified atom stereocenters. The van der Waals surface area contributed by atoms with E-state index < -0.39 is 0 Å². The number of hydrogen-bond acceptors (Lipinski definition) is 3. The van der Waals surface area contributed by atoms with Gasteiger partial charge in [0.1, 0.15) is 6.73 Å². The van der Waals surface area contributed by atoms with Crippen LogP contribution in [0.4, 0.5) is 5.69 Å². The summed E-state index contributed by atoms with van der Waals surface area (Å²) in [5.41, 5.74) is 3.32. The van der Waals surface area contributed by atoms with Crippen molar-refractivity contribution in [3.63, 3.8) is 0 Å². The van der Waals surface area contributed by atoms with E-state index in [1.807, 2.05) is 32.2 Å². The van der Waals surface area contributed by atoms with E-state index in [0.29, 0.717) is 19.1 Å². The Labute approximate surface area is 120 Å². The normalized spacial score (nSPS) is 10.5. The van der Waals surface area contributed by atoms with E-state index in [2.05, 4.69) is 13.0 Å². The number of rotatable bonds is 7. The summed E-state index contributed by atoms with van der Waals surface area (Å²) in [7, 11) is 0. The Balaban J connectivity index is 3.12. The molecule has 0 aliphatic rings. The summed E-state index contributed by atoms with van der Waals surface area (Å²) in [6.07, 6.45) is 2.85. The Kier molecular flexibility index (Phi) is 6.95. The number of para-hydroxylation sites is 1. The molecule has 0 heterocycles. The largest absolute Gasteiger partial charge is 0.361 e. The van der Waals surface area contributed by atoms with Crippen LogP contribution in [0.2, 0.25) is 0 Å². The molecule has 0 spiro atoms. The number of benzene rings is 1. The number of carbonyl (C=O) groups is 1. The zero-order valence-electron chi connectivity index (χ0n) is 12.2. The van der Waals surface area contributed by atoms with E-state index in [1.165, 1.54) is 17.3 Å². The highest BCUT2D eigenvalue weighted by Crippen LogP contribution is 2.26. The summed E-state index contributed by atoms with van der Waals surface area (Å²) in [4.78, 5) is 14.1. The van der Waals surface area contributed by atoms with Crippen LogP contribution in [0.15, 0.2) is 18.2 Å². The molecule has 106 valence electrons. The van der Waals surface area contributed by atoms with Crippen molar-refractivity contribution in [3.8, 4) is 0 Å². The molecular weight excluding hydrogens is 258 g/mol. The third-order valence-electron chi connectivity index (χ3n) is 2.97. The second-order valence-electron chi connectivity index (χ2n) is 4.31. The lowest BCUT2D eigenvalue weighted by Gasteiger charge is -2.26. The average molecular weight is 281 g/mol. The summed E-state index contributed by atoms with van der Waals surface area (Å²) in [6.45, 7) is 7.02. The molecule has 3 nitrogen and oxygen atoms in total. The Morgan fingerprint density at radius 2 is 2.11 bits per heavy atom. The van der Waals surface area contributed by atoms with Crippen LogP contribution in [-0.2, 0) is 16.0 Å². The topological polar surface area (TPSA) is 29.5 Å². The lowest BCUT2D eigenvalue weighted by Crippen LogP contribution is -2.35. The Morgan fingerprint density at radius 3 is 2.68 bits per heavy atom. The lowest BCUT2D eigenvalue weighted by molar-refractivity contribution is -0.117. The number of ether oxygens (including phenoxy) is 1. The number of nitrogens with zero attached hydrogens (tertiary/aromatic N) is 1. The predicted molar refractivity (Wildman–Crippen MR) is 82.9 cm³/mol. The molecule has 0 saturated carbocycles. The molecule has 0 bridgehead atoms. The van der Waals surface area contributed by atoms with Gasteiger partial charge < -0.3 is 4.74 Å². The van der Waals surface area contributed by atoms with Gasteiger partial charge in [-0.2, -0.15) is 11.8 Å². The fourth-order valence-corrected chi connectivity index (χ4v) is 2.44. The van der Waals surface area contributed by atoms with E-state index in [0.717, 1.165) is 17.7 Å². The molecule has 0 N–H and O–H groups in total. The maximum atomic E-state index is 12.3. The van der Waals surface area contributed by atoms with Crippen LogP contribution >= 0.6 is 11.8 Å². The smallest absolute Gasteiger partial charge is 0.238 e. The van der Waals surface area contributed by atoms with Crippen molar-refractivity contribution in [2.24, 2.45) is 0 Å². The van der Waals surface area contributed by atoms with Gasteiger partial charge in [-0.15, -0.1) is 0 Å². The maximum Gasteiger partial charge on any atom is 0.238 e. The van der Waals surface area contributed by atoms with E-state index in [9.17, 15) is 4.79 Å². The number of anilines is 1. The lowest BCUT2D eigenvalue weighted by atomic mass is 10.0. The fraction of sp³-hybridized carbons (Fsp3) is 0.533. The molecule has 0 radical (unpaired) electrons. The SMILES string of the molecule is CCOCN(C(=O)CSC)c1c(C)cccc1CC. The van der Waals surface area contributed by atoms with Gasteiger partial charge >= 0.3 is 0 Å². The minimum atomic E-state index is 0.102. The van der Waals surface area contributed by atoms with Gasteiger partial charge in [0, 0.05) is 6.61 Å². The summed E-state index contributed by atoms with van der Waals surface area (Å²) in [5, 5.41) is 0. The fourth-order valence-electron chi connectivity index (χ4n) is 2.04. The third-order valence-corrected chi connectivity index (χ3v) is 3.50. The first-order chi connectivity index (χ1) is 9.15. The molecule has 0 aliphatic carbocycles.